The van der Waals surface area contributed by atoms with Gasteiger partial charge in [0.15, 0.2) is 0 Å². The van der Waals surface area contributed by atoms with E-state index in [9.17, 15) is 14.4 Å². The van der Waals surface area contributed by atoms with E-state index in [0.717, 1.165) is 22.5 Å². The minimum Gasteiger partial charge on any atom is -0.423 e. The van der Waals surface area contributed by atoms with E-state index in [1.165, 1.54) is 6.21 Å². The van der Waals surface area contributed by atoms with Crippen LogP contribution in [0, 0.1) is 6.92 Å². The van der Waals surface area contributed by atoms with Gasteiger partial charge in [-0.1, -0.05) is 59.9 Å². The standard InChI is InChI=1S/C25H19N5O4S/c1-16-7-5-6-10-20(16)24(33)34-19-13-11-17(12-14-19)15-26-28-22(32)21(31)27-25-30-29-23(35-25)18-8-3-2-4-9-18/h2-15H,1H3,(H,28,32)(H,27,30,31)/b26-15+. The SMILES string of the molecule is Cc1ccccc1C(=O)Oc1ccc(/C=N/NC(=O)C(=O)Nc2nnc(-c3ccccc3)s2)cc1. The molecule has 1 aromatic heterocycles. The fraction of sp³-hybridized carbons (Fsp3) is 0.0400. The van der Waals surface area contributed by atoms with Gasteiger partial charge in [0.1, 0.15) is 10.8 Å². The number of carbonyl (C=O) groups is 3. The molecule has 0 saturated heterocycles. The minimum absolute atomic E-state index is 0.198. The van der Waals surface area contributed by atoms with E-state index in [4.69, 9.17) is 4.74 Å². The number of aromatic nitrogens is 2. The van der Waals surface area contributed by atoms with E-state index in [1.54, 1.807) is 36.4 Å². The molecule has 0 radical (unpaired) electrons. The third-order valence-corrected chi connectivity index (χ3v) is 5.60. The third-order valence-electron chi connectivity index (χ3n) is 4.71. The van der Waals surface area contributed by atoms with E-state index >= 15 is 0 Å². The molecule has 1 heterocycles. The van der Waals surface area contributed by atoms with E-state index in [2.05, 4.69) is 26.0 Å². The highest BCUT2D eigenvalue weighted by atomic mass is 32.1. The van der Waals surface area contributed by atoms with Crippen molar-refractivity contribution in [1.82, 2.24) is 15.6 Å². The first kappa shape index (κ1) is 23.5. The van der Waals surface area contributed by atoms with Crippen molar-refractivity contribution in [3.8, 4) is 16.3 Å². The predicted molar refractivity (Wildman–Crippen MR) is 132 cm³/mol. The Hall–Kier alpha value is -4.70. The van der Waals surface area contributed by atoms with E-state index in [1.807, 2.05) is 49.4 Å². The largest absolute Gasteiger partial charge is 0.423 e. The van der Waals surface area contributed by atoms with Crippen molar-refractivity contribution in [2.24, 2.45) is 5.10 Å². The van der Waals surface area contributed by atoms with Crippen molar-refractivity contribution in [3.63, 3.8) is 0 Å². The molecule has 0 fully saturated rings. The number of amides is 2. The van der Waals surface area contributed by atoms with Gasteiger partial charge in [0.25, 0.3) is 0 Å². The Kier molecular flexibility index (Phi) is 7.34. The number of hydrogen-bond donors (Lipinski definition) is 2. The number of carbonyl (C=O) groups excluding carboxylic acids is 3. The van der Waals surface area contributed by atoms with Crippen molar-refractivity contribution in [3.05, 3.63) is 95.6 Å². The molecule has 9 nitrogen and oxygen atoms in total. The molecule has 0 aliphatic carbocycles. The normalized spacial score (nSPS) is 10.7. The average molecular weight is 486 g/mol. The lowest BCUT2D eigenvalue weighted by Gasteiger charge is -2.06. The predicted octanol–water partition coefficient (Wildman–Crippen LogP) is 3.82. The molecule has 0 saturated carbocycles. The summed E-state index contributed by atoms with van der Waals surface area (Å²) in [4.78, 5) is 36.4. The number of benzene rings is 3. The van der Waals surface area contributed by atoms with Gasteiger partial charge in [-0.15, -0.1) is 10.2 Å². The summed E-state index contributed by atoms with van der Waals surface area (Å²) in [5, 5.41) is 14.9. The Morgan fingerprint density at radius 1 is 0.886 bits per heavy atom. The molecule has 0 aliphatic heterocycles. The second kappa shape index (κ2) is 10.9. The lowest BCUT2D eigenvalue weighted by molar-refractivity contribution is -0.136. The number of nitrogens with one attached hydrogen (secondary N) is 2. The first-order valence-electron chi connectivity index (χ1n) is 10.4. The van der Waals surface area contributed by atoms with Crippen LogP contribution in [0.1, 0.15) is 21.5 Å². The highest BCUT2D eigenvalue weighted by Crippen LogP contribution is 2.25. The molecule has 10 heteroatoms. The highest BCUT2D eigenvalue weighted by Gasteiger charge is 2.16. The summed E-state index contributed by atoms with van der Waals surface area (Å²) in [7, 11) is 0. The van der Waals surface area contributed by atoms with Gasteiger partial charge in [-0.25, -0.2) is 10.2 Å². The maximum Gasteiger partial charge on any atom is 0.343 e. The zero-order valence-electron chi connectivity index (χ0n) is 18.5. The van der Waals surface area contributed by atoms with Gasteiger partial charge in [-0.2, -0.15) is 5.10 Å². The van der Waals surface area contributed by atoms with Crippen LogP contribution in [-0.4, -0.2) is 34.2 Å². The zero-order valence-corrected chi connectivity index (χ0v) is 19.3. The Morgan fingerprint density at radius 3 is 2.34 bits per heavy atom. The lowest BCUT2D eigenvalue weighted by atomic mass is 10.1. The van der Waals surface area contributed by atoms with Gasteiger partial charge >= 0.3 is 17.8 Å². The summed E-state index contributed by atoms with van der Waals surface area (Å²) >= 11 is 1.15. The van der Waals surface area contributed by atoms with Crippen molar-refractivity contribution < 1.29 is 19.1 Å². The second-order valence-electron chi connectivity index (χ2n) is 7.21. The molecule has 0 aliphatic rings. The fourth-order valence-corrected chi connectivity index (χ4v) is 3.67. The number of anilines is 1. The Morgan fingerprint density at radius 2 is 1.60 bits per heavy atom. The fourth-order valence-electron chi connectivity index (χ4n) is 2.93. The van der Waals surface area contributed by atoms with E-state index < -0.39 is 17.8 Å². The third kappa shape index (κ3) is 6.21. The molecule has 4 rings (SSSR count). The smallest absolute Gasteiger partial charge is 0.343 e. The summed E-state index contributed by atoms with van der Waals surface area (Å²) in [6.45, 7) is 1.83. The van der Waals surface area contributed by atoms with Crippen LogP contribution in [0.5, 0.6) is 5.75 Å². The van der Waals surface area contributed by atoms with Gasteiger partial charge in [0.05, 0.1) is 11.8 Å². The summed E-state index contributed by atoms with van der Waals surface area (Å²) in [5.41, 5.74) is 4.95. The number of hydrazone groups is 1. The zero-order chi connectivity index (χ0) is 24.6. The molecule has 2 N–H and O–H groups in total. The van der Waals surface area contributed by atoms with E-state index in [0.29, 0.717) is 21.9 Å². The van der Waals surface area contributed by atoms with Crippen LogP contribution in [0.4, 0.5) is 5.13 Å². The topological polar surface area (TPSA) is 123 Å². The van der Waals surface area contributed by atoms with Gasteiger partial charge in [-0.3, -0.25) is 14.9 Å². The number of esters is 1. The molecule has 35 heavy (non-hydrogen) atoms. The highest BCUT2D eigenvalue weighted by molar-refractivity contribution is 7.18. The van der Waals surface area contributed by atoms with Crippen LogP contribution in [0.25, 0.3) is 10.6 Å². The maximum atomic E-state index is 12.3. The van der Waals surface area contributed by atoms with Crippen molar-refractivity contribution in [1.29, 1.82) is 0 Å². The average Bonchev–Trinajstić information content (AvgIpc) is 3.34. The van der Waals surface area contributed by atoms with Gasteiger partial charge in [0.2, 0.25) is 5.13 Å². The van der Waals surface area contributed by atoms with Crippen molar-refractivity contribution >= 4 is 40.5 Å². The first-order valence-corrected chi connectivity index (χ1v) is 11.2. The first-order chi connectivity index (χ1) is 17.0. The summed E-state index contributed by atoms with van der Waals surface area (Å²) in [5.74, 6) is -1.96. The number of rotatable bonds is 6. The summed E-state index contributed by atoms with van der Waals surface area (Å²) in [6, 6.07) is 23.0. The van der Waals surface area contributed by atoms with Crippen molar-refractivity contribution in [2.45, 2.75) is 6.92 Å². The van der Waals surface area contributed by atoms with Gasteiger partial charge in [0, 0.05) is 5.56 Å². The van der Waals surface area contributed by atoms with Crippen LogP contribution < -0.4 is 15.5 Å². The Bertz CT molecular complexity index is 1380. The molecule has 0 bridgehead atoms. The molecule has 4 aromatic rings. The van der Waals surface area contributed by atoms with E-state index in [-0.39, 0.29) is 5.13 Å². The molecule has 0 atom stereocenters. The molecule has 0 spiro atoms. The van der Waals surface area contributed by atoms with Gasteiger partial charge < -0.3 is 4.74 Å². The van der Waals surface area contributed by atoms with Crippen LogP contribution in [0.3, 0.4) is 0 Å². The minimum atomic E-state index is -0.957. The molecule has 3 aromatic carbocycles. The number of ether oxygens (including phenoxy) is 1. The number of nitrogens with zero attached hydrogens (tertiary/aromatic N) is 3. The van der Waals surface area contributed by atoms with Crippen LogP contribution in [-0.2, 0) is 9.59 Å². The van der Waals surface area contributed by atoms with Crippen LogP contribution >= 0.6 is 11.3 Å². The summed E-state index contributed by atoms with van der Waals surface area (Å²) in [6.07, 6.45) is 1.36. The molecule has 0 unspecified atom stereocenters. The quantitative estimate of drug-likeness (QED) is 0.141. The van der Waals surface area contributed by atoms with Crippen molar-refractivity contribution in [2.75, 3.05) is 5.32 Å². The monoisotopic (exact) mass is 485 g/mol. The van der Waals surface area contributed by atoms with Crippen LogP contribution in [0.15, 0.2) is 84.0 Å². The molecular formula is C25H19N5O4S. The Labute approximate surface area is 204 Å². The van der Waals surface area contributed by atoms with Crippen LogP contribution in [0.2, 0.25) is 0 Å². The maximum absolute atomic E-state index is 12.3. The Balaban J connectivity index is 1.27. The number of aryl methyl sites for hydroxylation is 1. The lowest BCUT2D eigenvalue weighted by Crippen LogP contribution is -2.32. The molecular weight excluding hydrogens is 466 g/mol. The molecule has 2 amide bonds. The summed E-state index contributed by atoms with van der Waals surface area (Å²) < 4.78 is 5.38. The molecule has 174 valence electrons. The number of hydrogen-bond acceptors (Lipinski definition) is 8. The van der Waals surface area contributed by atoms with Gasteiger partial charge in [-0.05, 0) is 48.4 Å². The second-order valence-corrected chi connectivity index (χ2v) is 8.18.